The lowest BCUT2D eigenvalue weighted by Gasteiger charge is -2.32. The molecule has 0 radical (unpaired) electrons. The van der Waals surface area contributed by atoms with Gasteiger partial charge in [0.05, 0.1) is 5.41 Å². The fraction of sp³-hybridized carbons (Fsp3) is 0.615. The third kappa shape index (κ3) is 2.71. The molecule has 1 atom stereocenters. The van der Waals surface area contributed by atoms with Crippen molar-refractivity contribution in [3.63, 3.8) is 0 Å². The topological polar surface area (TPSA) is 26.3 Å². The van der Waals surface area contributed by atoms with Crippen LogP contribution in [0.3, 0.4) is 0 Å². The molecule has 1 aliphatic rings. The molecular formula is C13H20O2. The van der Waals surface area contributed by atoms with Crippen LogP contribution in [0, 0.1) is 5.41 Å². The first-order valence-electron chi connectivity index (χ1n) is 5.43. The van der Waals surface area contributed by atoms with Crippen molar-refractivity contribution in [2.24, 2.45) is 5.41 Å². The van der Waals surface area contributed by atoms with Crippen LogP contribution >= 0.6 is 0 Å². The molecule has 2 heteroatoms. The summed E-state index contributed by atoms with van der Waals surface area (Å²) in [5.41, 5.74) is 2.43. The first kappa shape index (κ1) is 12.0. The van der Waals surface area contributed by atoms with E-state index >= 15 is 0 Å². The van der Waals surface area contributed by atoms with Gasteiger partial charge in [0.15, 0.2) is 0 Å². The average Bonchev–Trinajstić information content (AvgIpc) is 2.20. The van der Waals surface area contributed by atoms with Gasteiger partial charge in [-0.2, -0.15) is 0 Å². The van der Waals surface area contributed by atoms with Crippen LogP contribution in [0.25, 0.3) is 0 Å². The Bertz CT molecular complexity index is 302. The second kappa shape index (κ2) is 4.65. The predicted octanol–water partition coefficient (Wildman–Crippen LogP) is 3.24. The smallest absolute Gasteiger partial charge is 0.312 e. The SMILES string of the molecule is C=CCOC(=O)C1(C)CCC(C)=C(C)C1. The predicted molar refractivity (Wildman–Crippen MR) is 61.5 cm³/mol. The summed E-state index contributed by atoms with van der Waals surface area (Å²) in [5.74, 6) is -0.0887. The summed E-state index contributed by atoms with van der Waals surface area (Å²) in [6.07, 6.45) is 4.34. The Hall–Kier alpha value is -1.05. The van der Waals surface area contributed by atoms with E-state index < -0.39 is 0 Å². The molecule has 0 saturated carbocycles. The molecule has 15 heavy (non-hydrogen) atoms. The van der Waals surface area contributed by atoms with Gasteiger partial charge in [-0.3, -0.25) is 4.79 Å². The van der Waals surface area contributed by atoms with E-state index in [0.717, 1.165) is 19.3 Å². The van der Waals surface area contributed by atoms with E-state index in [4.69, 9.17) is 4.74 Å². The van der Waals surface area contributed by atoms with Crippen molar-refractivity contribution in [3.05, 3.63) is 23.8 Å². The van der Waals surface area contributed by atoms with Crippen LogP contribution in [0.4, 0.5) is 0 Å². The molecule has 0 fully saturated rings. The monoisotopic (exact) mass is 208 g/mol. The Morgan fingerprint density at radius 3 is 2.73 bits per heavy atom. The Morgan fingerprint density at radius 2 is 2.20 bits per heavy atom. The molecule has 0 aromatic rings. The van der Waals surface area contributed by atoms with E-state index in [9.17, 15) is 4.79 Å². The molecule has 1 unspecified atom stereocenters. The zero-order valence-electron chi connectivity index (χ0n) is 9.93. The van der Waals surface area contributed by atoms with E-state index in [0.29, 0.717) is 6.61 Å². The second-order valence-electron chi connectivity index (χ2n) is 4.69. The minimum absolute atomic E-state index is 0.0887. The van der Waals surface area contributed by atoms with Crippen molar-refractivity contribution >= 4 is 5.97 Å². The zero-order valence-corrected chi connectivity index (χ0v) is 9.93. The summed E-state index contributed by atoms with van der Waals surface area (Å²) in [5, 5.41) is 0. The van der Waals surface area contributed by atoms with E-state index in [-0.39, 0.29) is 11.4 Å². The summed E-state index contributed by atoms with van der Waals surface area (Å²) in [4.78, 5) is 11.8. The lowest BCUT2D eigenvalue weighted by atomic mass is 9.73. The highest BCUT2D eigenvalue weighted by Crippen LogP contribution is 2.39. The summed E-state index contributed by atoms with van der Waals surface area (Å²) >= 11 is 0. The third-order valence-electron chi connectivity index (χ3n) is 3.26. The lowest BCUT2D eigenvalue weighted by Crippen LogP contribution is -2.32. The number of rotatable bonds is 3. The van der Waals surface area contributed by atoms with Crippen molar-refractivity contribution in [1.82, 2.24) is 0 Å². The minimum atomic E-state index is -0.327. The van der Waals surface area contributed by atoms with Crippen molar-refractivity contribution in [2.45, 2.75) is 40.0 Å². The fourth-order valence-electron chi connectivity index (χ4n) is 1.98. The molecule has 2 nitrogen and oxygen atoms in total. The van der Waals surface area contributed by atoms with Gasteiger partial charge >= 0.3 is 5.97 Å². The van der Waals surface area contributed by atoms with Gasteiger partial charge in [-0.1, -0.05) is 23.8 Å². The van der Waals surface area contributed by atoms with E-state index in [1.165, 1.54) is 11.1 Å². The second-order valence-corrected chi connectivity index (χ2v) is 4.69. The van der Waals surface area contributed by atoms with Gasteiger partial charge in [0.1, 0.15) is 6.61 Å². The normalized spacial score (nSPS) is 26.3. The van der Waals surface area contributed by atoms with Gasteiger partial charge in [0, 0.05) is 0 Å². The van der Waals surface area contributed by atoms with Crippen molar-refractivity contribution in [1.29, 1.82) is 0 Å². The van der Waals surface area contributed by atoms with Crippen molar-refractivity contribution in [2.75, 3.05) is 6.61 Å². The van der Waals surface area contributed by atoms with Crippen LogP contribution in [-0.2, 0) is 9.53 Å². The number of ether oxygens (including phenoxy) is 1. The Balaban J connectivity index is 2.69. The molecule has 1 aliphatic carbocycles. The third-order valence-corrected chi connectivity index (χ3v) is 3.26. The van der Waals surface area contributed by atoms with E-state index in [1.54, 1.807) is 6.08 Å². The van der Waals surface area contributed by atoms with Crippen molar-refractivity contribution in [3.8, 4) is 0 Å². The molecule has 0 heterocycles. The quantitative estimate of drug-likeness (QED) is 0.525. The molecule has 0 N–H and O–H groups in total. The van der Waals surface area contributed by atoms with Crippen LogP contribution in [-0.4, -0.2) is 12.6 Å². The highest BCUT2D eigenvalue weighted by Gasteiger charge is 2.37. The van der Waals surface area contributed by atoms with Crippen molar-refractivity contribution < 1.29 is 9.53 Å². The Kier molecular flexibility index (Phi) is 3.72. The summed E-state index contributed by atoms with van der Waals surface area (Å²) in [6, 6.07) is 0. The number of allylic oxidation sites excluding steroid dienone is 2. The molecule has 1 rings (SSSR count). The summed E-state index contributed by atoms with van der Waals surface area (Å²) < 4.78 is 5.14. The average molecular weight is 208 g/mol. The first-order valence-corrected chi connectivity index (χ1v) is 5.43. The molecule has 0 aliphatic heterocycles. The standard InChI is InChI=1S/C13H20O2/c1-5-8-15-12(14)13(4)7-6-10(2)11(3)9-13/h5H,1,6-9H2,2-4H3. The van der Waals surface area contributed by atoms with Crippen LogP contribution in [0.1, 0.15) is 40.0 Å². The highest BCUT2D eigenvalue weighted by atomic mass is 16.5. The van der Waals surface area contributed by atoms with E-state index in [2.05, 4.69) is 20.4 Å². The molecule has 0 saturated heterocycles. The maximum atomic E-state index is 11.8. The lowest BCUT2D eigenvalue weighted by molar-refractivity contribution is -0.154. The van der Waals surface area contributed by atoms with E-state index in [1.807, 2.05) is 6.92 Å². The Labute approximate surface area is 92.0 Å². The van der Waals surface area contributed by atoms with Crippen LogP contribution < -0.4 is 0 Å². The highest BCUT2D eigenvalue weighted by molar-refractivity contribution is 5.77. The molecular weight excluding hydrogens is 188 g/mol. The summed E-state index contributed by atoms with van der Waals surface area (Å²) in [6.45, 7) is 10.1. The van der Waals surface area contributed by atoms with Gasteiger partial charge in [-0.25, -0.2) is 0 Å². The summed E-state index contributed by atoms with van der Waals surface area (Å²) in [7, 11) is 0. The zero-order chi connectivity index (χ0) is 11.5. The van der Waals surface area contributed by atoms with Crippen LogP contribution in [0.2, 0.25) is 0 Å². The minimum Gasteiger partial charge on any atom is -0.461 e. The van der Waals surface area contributed by atoms with Gasteiger partial charge in [0.2, 0.25) is 0 Å². The molecule has 0 spiro atoms. The number of carbonyl (C=O) groups excluding carboxylic acids is 1. The first-order chi connectivity index (χ1) is 6.99. The fourth-order valence-corrected chi connectivity index (χ4v) is 1.98. The van der Waals surface area contributed by atoms with Crippen LogP contribution in [0.15, 0.2) is 23.8 Å². The van der Waals surface area contributed by atoms with Gasteiger partial charge in [-0.05, 0) is 40.0 Å². The number of hydrogen-bond donors (Lipinski definition) is 0. The number of hydrogen-bond acceptors (Lipinski definition) is 2. The Morgan fingerprint density at radius 1 is 1.53 bits per heavy atom. The maximum absolute atomic E-state index is 11.8. The van der Waals surface area contributed by atoms with Gasteiger partial charge in [-0.15, -0.1) is 0 Å². The maximum Gasteiger partial charge on any atom is 0.312 e. The van der Waals surface area contributed by atoms with Crippen LogP contribution in [0.5, 0.6) is 0 Å². The largest absolute Gasteiger partial charge is 0.461 e. The van der Waals surface area contributed by atoms with Gasteiger partial charge in [0.25, 0.3) is 0 Å². The van der Waals surface area contributed by atoms with Gasteiger partial charge < -0.3 is 4.74 Å². The molecule has 0 aromatic carbocycles. The number of esters is 1. The molecule has 0 aromatic heterocycles. The molecule has 84 valence electrons. The number of carbonyl (C=O) groups is 1. The molecule has 0 amide bonds. The molecule has 0 bridgehead atoms.